The molecule has 0 radical (unpaired) electrons. The Morgan fingerprint density at radius 2 is 2.14 bits per heavy atom. The lowest BCUT2D eigenvalue weighted by Gasteiger charge is -2.27. The van der Waals surface area contributed by atoms with Gasteiger partial charge >= 0.3 is 0 Å². The summed E-state index contributed by atoms with van der Waals surface area (Å²) in [5, 5.41) is 2.72. The summed E-state index contributed by atoms with van der Waals surface area (Å²) in [6.45, 7) is 4.44. The summed E-state index contributed by atoms with van der Waals surface area (Å²) in [6.07, 6.45) is 3.64. The zero-order chi connectivity index (χ0) is 15.8. The number of nitrogens with one attached hydrogen (secondary N) is 1. The van der Waals surface area contributed by atoms with Gasteiger partial charge in [-0.05, 0) is 31.4 Å². The molecule has 1 saturated heterocycles. The van der Waals surface area contributed by atoms with Gasteiger partial charge in [0.25, 0.3) is 0 Å². The van der Waals surface area contributed by atoms with E-state index in [2.05, 4.69) is 15.2 Å². The normalized spacial score (nSPS) is 15.5. The molecule has 1 aromatic rings. The summed E-state index contributed by atoms with van der Waals surface area (Å²) in [7, 11) is 0. The van der Waals surface area contributed by atoms with Gasteiger partial charge in [-0.3, -0.25) is 4.79 Å². The van der Waals surface area contributed by atoms with Gasteiger partial charge in [0.05, 0.1) is 6.54 Å². The molecule has 1 heterocycles. The van der Waals surface area contributed by atoms with Crippen molar-refractivity contribution in [3.8, 4) is 5.75 Å². The number of aliphatic imine (C=N–C) groups is 1. The molecule has 1 fully saturated rings. The minimum Gasteiger partial charge on any atom is -0.492 e. The van der Waals surface area contributed by atoms with Crippen molar-refractivity contribution in [2.45, 2.75) is 26.2 Å². The van der Waals surface area contributed by atoms with E-state index in [1.807, 2.05) is 18.2 Å². The topological polar surface area (TPSA) is 79.9 Å². The zero-order valence-electron chi connectivity index (χ0n) is 13.0. The number of likely N-dealkylation sites (tertiary alicyclic amines) is 1. The third-order valence-corrected chi connectivity index (χ3v) is 3.47. The average molecular weight is 304 g/mol. The number of hydrogen-bond acceptors (Lipinski definition) is 3. The van der Waals surface area contributed by atoms with Gasteiger partial charge in [0.1, 0.15) is 12.4 Å². The summed E-state index contributed by atoms with van der Waals surface area (Å²) >= 11 is 0. The summed E-state index contributed by atoms with van der Waals surface area (Å²) < 4.78 is 5.63. The molecule has 0 atom stereocenters. The van der Waals surface area contributed by atoms with Gasteiger partial charge in [-0.2, -0.15) is 0 Å². The number of amides is 1. The molecular formula is C16H24N4O2. The van der Waals surface area contributed by atoms with E-state index in [0.29, 0.717) is 24.9 Å². The first-order chi connectivity index (χ1) is 10.6. The number of guanidine groups is 1. The van der Waals surface area contributed by atoms with E-state index < -0.39 is 0 Å². The standard InChI is InChI=1S/C16H24N4O2/c1-13(21)19-14-6-5-7-15(12-14)22-11-8-18-16(17)20-9-3-2-4-10-20/h5-7,12H,2-4,8-11H2,1H3,(H2,17,18)(H,19,21). The maximum atomic E-state index is 11.0. The quantitative estimate of drug-likeness (QED) is 0.494. The molecule has 6 nitrogen and oxygen atoms in total. The molecule has 0 aromatic heterocycles. The van der Waals surface area contributed by atoms with E-state index in [1.54, 1.807) is 6.07 Å². The van der Waals surface area contributed by atoms with Crippen molar-refractivity contribution in [1.29, 1.82) is 0 Å². The van der Waals surface area contributed by atoms with Crippen molar-refractivity contribution >= 4 is 17.6 Å². The molecule has 120 valence electrons. The van der Waals surface area contributed by atoms with E-state index in [0.717, 1.165) is 18.8 Å². The van der Waals surface area contributed by atoms with Crippen LogP contribution in [0.4, 0.5) is 5.69 Å². The highest BCUT2D eigenvalue weighted by Crippen LogP contribution is 2.17. The van der Waals surface area contributed by atoms with Gasteiger partial charge in [0.15, 0.2) is 5.96 Å². The van der Waals surface area contributed by atoms with E-state index in [4.69, 9.17) is 10.5 Å². The number of rotatable bonds is 5. The van der Waals surface area contributed by atoms with Crippen LogP contribution < -0.4 is 15.8 Å². The summed E-state index contributed by atoms with van der Waals surface area (Å²) in [5.41, 5.74) is 6.70. The van der Waals surface area contributed by atoms with Gasteiger partial charge < -0.3 is 20.7 Å². The molecule has 0 spiro atoms. The molecule has 0 bridgehead atoms. The second-order valence-electron chi connectivity index (χ2n) is 5.35. The van der Waals surface area contributed by atoms with E-state index in [1.165, 1.54) is 26.2 Å². The first kappa shape index (κ1) is 16.1. The first-order valence-corrected chi connectivity index (χ1v) is 7.70. The smallest absolute Gasteiger partial charge is 0.221 e. The number of carbonyl (C=O) groups excluding carboxylic acids is 1. The van der Waals surface area contributed by atoms with Gasteiger partial charge in [-0.15, -0.1) is 0 Å². The maximum Gasteiger partial charge on any atom is 0.221 e. The Hall–Kier alpha value is -2.24. The number of carbonyl (C=O) groups is 1. The number of nitrogens with zero attached hydrogens (tertiary/aromatic N) is 2. The second kappa shape index (κ2) is 8.26. The van der Waals surface area contributed by atoms with Crippen LogP contribution >= 0.6 is 0 Å². The van der Waals surface area contributed by atoms with Crippen LogP contribution in [0.5, 0.6) is 5.75 Å². The van der Waals surface area contributed by atoms with E-state index in [-0.39, 0.29) is 5.91 Å². The third kappa shape index (κ3) is 5.27. The predicted molar refractivity (Wildman–Crippen MR) is 88.2 cm³/mol. The monoisotopic (exact) mass is 304 g/mol. The Labute approximate surface area is 131 Å². The molecule has 1 aromatic carbocycles. The molecule has 1 aliphatic heterocycles. The lowest BCUT2D eigenvalue weighted by atomic mass is 10.1. The fourth-order valence-electron chi connectivity index (χ4n) is 2.41. The number of nitrogens with two attached hydrogens (primary N) is 1. The van der Waals surface area contributed by atoms with Gasteiger partial charge in [0.2, 0.25) is 5.91 Å². The van der Waals surface area contributed by atoms with E-state index >= 15 is 0 Å². The molecule has 6 heteroatoms. The Bertz CT molecular complexity index is 525. The Morgan fingerprint density at radius 1 is 1.36 bits per heavy atom. The highest BCUT2D eigenvalue weighted by Gasteiger charge is 2.11. The largest absolute Gasteiger partial charge is 0.492 e. The maximum absolute atomic E-state index is 11.0. The SMILES string of the molecule is CC(=O)Nc1cccc(OCCN=C(N)N2CCCCC2)c1. The van der Waals surface area contributed by atoms with Gasteiger partial charge in [0, 0.05) is 31.8 Å². The highest BCUT2D eigenvalue weighted by molar-refractivity contribution is 5.88. The molecule has 0 unspecified atom stereocenters. The van der Waals surface area contributed by atoms with Gasteiger partial charge in [-0.25, -0.2) is 4.99 Å². The van der Waals surface area contributed by atoms with Crippen molar-refractivity contribution in [2.24, 2.45) is 10.7 Å². The van der Waals surface area contributed by atoms with Crippen LogP contribution in [0.2, 0.25) is 0 Å². The van der Waals surface area contributed by atoms with E-state index in [9.17, 15) is 4.79 Å². The fourth-order valence-corrected chi connectivity index (χ4v) is 2.41. The number of anilines is 1. The molecule has 0 saturated carbocycles. The van der Waals surface area contributed by atoms with Crippen LogP contribution in [0.15, 0.2) is 29.3 Å². The molecule has 1 amide bonds. The average Bonchev–Trinajstić information content (AvgIpc) is 2.52. The van der Waals surface area contributed by atoms with Crippen LogP contribution in [0.1, 0.15) is 26.2 Å². The van der Waals surface area contributed by atoms with Crippen LogP contribution in [-0.2, 0) is 4.79 Å². The molecule has 2 rings (SSSR count). The van der Waals surface area contributed by atoms with Crippen LogP contribution in [-0.4, -0.2) is 43.0 Å². The summed E-state index contributed by atoms with van der Waals surface area (Å²) in [5.74, 6) is 1.21. The van der Waals surface area contributed by atoms with Crippen LogP contribution in [0, 0.1) is 0 Å². The van der Waals surface area contributed by atoms with Crippen molar-refractivity contribution in [3.05, 3.63) is 24.3 Å². The molecular weight excluding hydrogens is 280 g/mol. The Balaban J connectivity index is 1.77. The first-order valence-electron chi connectivity index (χ1n) is 7.70. The molecule has 3 N–H and O–H groups in total. The number of piperidine rings is 1. The minimum atomic E-state index is -0.101. The molecule has 1 aliphatic rings. The van der Waals surface area contributed by atoms with Crippen molar-refractivity contribution in [1.82, 2.24) is 4.90 Å². The highest BCUT2D eigenvalue weighted by atomic mass is 16.5. The zero-order valence-corrected chi connectivity index (χ0v) is 13.0. The summed E-state index contributed by atoms with van der Waals surface area (Å²) in [6, 6.07) is 7.30. The van der Waals surface area contributed by atoms with Crippen LogP contribution in [0.3, 0.4) is 0 Å². The number of hydrogen-bond donors (Lipinski definition) is 2. The molecule has 22 heavy (non-hydrogen) atoms. The van der Waals surface area contributed by atoms with Crippen LogP contribution in [0.25, 0.3) is 0 Å². The molecule has 0 aliphatic carbocycles. The van der Waals surface area contributed by atoms with Crippen molar-refractivity contribution in [3.63, 3.8) is 0 Å². The lowest BCUT2D eigenvalue weighted by molar-refractivity contribution is -0.114. The lowest BCUT2D eigenvalue weighted by Crippen LogP contribution is -2.41. The number of ether oxygens (including phenoxy) is 1. The Morgan fingerprint density at radius 3 is 2.86 bits per heavy atom. The minimum absolute atomic E-state index is 0.101. The van der Waals surface area contributed by atoms with Crippen molar-refractivity contribution in [2.75, 3.05) is 31.6 Å². The fraction of sp³-hybridized carbons (Fsp3) is 0.500. The third-order valence-electron chi connectivity index (χ3n) is 3.47. The van der Waals surface area contributed by atoms with Gasteiger partial charge in [-0.1, -0.05) is 6.07 Å². The number of benzene rings is 1. The Kier molecular flexibility index (Phi) is 6.06. The summed E-state index contributed by atoms with van der Waals surface area (Å²) in [4.78, 5) is 17.5. The predicted octanol–water partition coefficient (Wildman–Crippen LogP) is 1.82. The second-order valence-corrected chi connectivity index (χ2v) is 5.35. The van der Waals surface area contributed by atoms with Crippen molar-refractivity contribution < 1.29 is 9.53 Å².